The molecule has 2 aromatic rings. The first-order chi connectivity index (χ1) is 13.4. The van der Waals surface area contributed by atoms with Crippen molar-refractivity contribution in [3.63, 3.8) is 0 Å². The second-order valence-corrected chi connectivity index (χ2v) is 7.03. The third-order valence-corrected chi connectivity index (χ3v) is 5.11. The summed E-state index contributed by atoms with van der Waals surface area (Å²) in [5.41, 5.74) is 1.17. The third kappa shape index (κ3) is 5.64. The van der Waals surface area contributed by atoms with Gasteiger partial charge in [-0.3, -0.25) is 0 Å². The van der Waals surface area contributed by atoms with Gasteiger partial charge < -0.3 is 35.6 Å². The van der Waals surface area contributed by atoms with E-state index in [1.807, 2.05) is 18.2 Å². The molecule has 0 aromatic heterocycles. The van der Waals surface area contributed by atoms with Gasteiger partial charge in [-0.25, -0.2) is 0 Å². The van der Waals surface area contributed by atoms with E-state index in [1.165, 1.54) is 5.56 Å². The standard InChI is InChI=1S/C21H31NO6/c1-3-13(10-22-11-18(24)20(26)21(27)19(25)12-23)14-4-5-16-9-17(28-2)7-6-15(16)8-14/h4-9,13,18-27H,3,10-12H2,1-2H3/t13?,18-,19-,20-,21-/m1/s1. The Bertz CT molecular complexity index is 740. The molecule has 0 aliphatic carbocycles. The van der Waals surface area contributed by atoms with Crippen LogP contribution in [0.2, 0.25) is 0 Å². The van der Waals surface area contributed by atoms with Gasteiger partial charge in [-0.1, -0.05) is 31.2 Å². The Morgan fingerprint density at radius 2 is 1.54 bits per heavy atom. The number of hydrogen-bond acceptors (Lipinski definition) is 7. The van der Waals surface area contributed by atoms with Crippen LogP contribution < -0.4 is 10.1 Å². The molecule has 0 radical (unpaired) electrons. The Kier molecular flexibility index (Phi) is 8.62. The summed E-state index contributed by atoms with van der Waals surface area (Å²) >= 11 is 0. The molecule has 0 heterocycles. The molecule has 0 fully saturated rings. The monoisotopic (exact) mass is 393 g/mol. The third-order valence-electron chi connectivity index (χ3n) is 5.11. The molecule has 2 aromatic carbocycles. The van der Waals surface area contributed by atoms with Crippen LogP contribution in [0.15, 0.2) is 36.4 Å². The van der Waals surface area contributed by atoms with Crippen molar-refractivity contribution in [2.45, 2.75) is 43.7 Å². The van der Waals surface area contributed by atoms with Gasteiger partial charge in [0.1, 0.15) is 24.1 Å². The van der Waals surface area contributed by atoms with Gasteiger partial charge in [0.15, 0.2) is 0 Å². The van der Waals surface area contributed by atoms with E-state index in [1.54, 1.807) is 7.11 Å². The fourth-order valence-corrected chi connectivity index (χ4v) is 3.21. The van der Waals surface area contributed by atoms with E-state index in [0.29, 0.717) is 6.54 Å². The number of hydrogen-bond donors (Lipinski definition) is 6. The smallest absolute Gasteiger partial charge is 0.119 e. The van der Waals surface area contributed by atoms with E-state index in [9.17, 15) is 20.4 Å². The molecule has 0 amide bonds. The Labute approximate surface area is 165 Å². The second-order valence-electron chi connectivity index (χ2n) is 7.03. The number of fused-ring (bicyclic) bond motifs is 1. The highest BCUT2D eigenvalue weighted by atomic mass is 16.5. The number of nitrogens with one attached hydrogen (secondary N) is 1. The van der Waals surface area contributed by atoms with E-state index in [-0.39, 0.29) is 12.5 Å². The fourth-order valence-electron chi connectivity index (χ4n) is 3.21. The quantitative estimate of drug-likeness (QED) is 0.326. The van der Waals surface area contributed by atoms with Crippen molar-refractivity contribution >= 4 is 10.8 Å². The Balaban J connectivity index is 1.96. The van der Waals surface area contributed by atoms with Gasteiger partial charge in [0, 0.05) is 13.1 Å². The molecular formula is C21H31NO6. The zero-order chi connectivity index (χ0) is 20.7. The SMILES string of the molecule is CCC(CNC[C@@H](O)[C@@H](O)[C@H](O)[C@H](O)CO)c1ccc2cc(OC)ccc2c1. The molecule has 7 nitrogen and oxygen atoms in total. The minimum absolute atomic E-state index is 0.0532. The van der Waals surface area contributed by atoms with Gasteiger partial charge in [-0.2, -0.15) is 0 Å². The molecule has 6 N–H and O–H groups in total. The van der Waals surface area contributed by atoms with Gasteiger partial charge in [-0.05, 0) is 40.8 Å². The van der Waals surface area contributed by atoms with Crippen molar-refractivity contribution in [3.05, 3.63) is 42.0 Å². The van der Waals surface area contributed by atoms with Crippen LogP contribution in [-0.4, -0.2) is 76.8 Å². The van der Waals surface area contributed by atoms with E-state index >= 15 is 0 Å². The van der Waals surface area contributed by atoms with Crippen molar-refractivity contribution in [2.75, 3.05) is 26.8 Å². The Morgan fingerprint density at radius 1 is 0.893 bits per heavy atom. The maximum Gasteiger partial charge on any atom is 0.119 e. The summed E-state index contributed by atoms with van der Waals surface area (Å²) in [4.78, 5) is 0. The zero-order valence-electron chi connectivity index (χ0n) is 16.3. The van der Waals surface area contributed by atoms with Crippen molar-refractivity contribution in [3.8, 4) is 5.75 Å². The number of aliphatic hydroxyl groups is 5. The summed E-state index contributed by atoms with van der Waals surface area (Å²) < 4.78 is 5.25. The van der Waals surface area contributed by atoms with Crippen LogP contribution in [0.1, 0.15) is 24.8 Å². The largest absolute Gasteiger partial charge is 0.497 e. The molecule has 0 aliphatic heterocycles. The predicted molar refractivity (Wildman–Crippen MR) is 108 cm³/mol. The van der Waals surface area contributed by atoms with Crippen LogP contribution in [0.5, 0.6) is 5.75 Å². The molecule has 0 spiro atoms. The lowest BCUT2D eigenvalue weighted by molar-refractivity contribution is -0.113. The van der Waals surface area contributed by atoms with Crippen molar-refractivity contribution in [2.24, 2.45) is 0 Å². The number of aliphatic hydroxyl groups excluding tert-OH is 5. The molecule has 5 atom stereocenters. The average molecular weight is 393 g/mol. The lowest BCUT2D eigenvalue weighted by Crippen LogP contribution is -2.49. The molecular weight excluding hydrogens is 362 g/mol. The molecule has 28 heavy (non-hydrogen) atoms. The minimum Gasteiger partial charge on any atom is -0.497 e. The summed E-state index contributed by atoms with van der Waals surface area (Å²) in [6.07, 6.45) is -5.03. The number of benzene rings is 2. The normalized spacial score (nSPS) is 17.1. The molecule has 156 valence electrons. The molecule has 0 saturated carbocycles. The van der Waals surface area contributed by atoms with E-state index in [4.69, 9.17) is 9.84 Å². The molecule has 1 unspecified atom stereocenters. The molecule has 2 rings (SSSR count). The molecule has 0 bridgehead atoms. The van der Waals surface area contributed by atoms with Crippen LogP contribution in [0, 0.1) is 0 Å². The summed E-state index contributed by atoms with van der Waals surface area (Å²) in [5, 5.41) is 53.1. The van der Waals surface area contributed by atoms with Gasteiger partial charge in [0.2, 0.25) is 0 Å². The molecule has 0 aliphatic rings. The number of ether oxygens (including phenoxy) is 1. The van der Waals surface area contributed by atoms with Crippen LogP contribution in [0.4, 0.5) is 0 Å². The van der Waals surface area contributed by atoms with E-state index in [2.05, 4.69) is 30.4 Å². The minimum atomic E-state index is -1.61. The summed E-state index contributed by atoms with van der Waals surface area (Å²) in [6.45, 7) is 2.03. The van der Waals surface area contributed by atoms with Gasteiger partial charge in [0.05, 0.1) is 19.8 Å². The maximum atomic E-state index is 10.0. The first kappa shape index (κ1) is 22.5. The van der Waals surface area contributed by atoms with Gasteiger partial charge >= 0.3 is 0 Å². The maximum absolute atomic E-state index is 10.0. The van der Waals surface area contributed by atoms with Crippen molar-refractivity contribution in [1.82, 2.24) is 5.32 Å². The zero-order valence-corrected chi connectivity index (χ0v) is 16.3. The average Bonchev–Trinajstić information content (AvgIpc) is 2.74. The lowest BCUT2D eigenvalue weighted by atomic mass is 9.94. The number of methoxy groups -OCH3 is 1. The highest BCUT2D eigenvalue weighted by Crippen LogP contribution is 2.26. The van der Waals surface area contributed by atoms with Crippen LogP contribution in [0.25, 0.3) is 10.8 Å². The number of rotatable bonds is 11. The van der Waals surface area contributed by atoms with Crippen molar-refractivity contribution in [1.29, 1.82) is 0 Å². The summed E-state index contributed by atoms with van der Waals surface area (Å²) in [7, 11) is 1.64. The fraction of sp³-hybridized carbons (Fsp3) is 0.524. The first-order valence-corrected chi connectivity index (χ1v) is 9.52. The van der Waals surface area contributed by atoms with E-state index < -0.39 is 31.0 Å². The highest BCUT2D eigenvalue weighted by molar-refractivity contribution is 5.84. The Hall–Kier alpha value is -1.74. The van der Waals surface area contributed by atoms with E-state index in [0.717, 1.165) is 22.9 Å². The summed E-state index contributed by atoms with van der Waals surface area (Å²) in [6, 6.07) is 12.2. The van der Waals surface area contributed by atoms with Gasteiger partial charge in [-0.15, -0.1) is 0 Å². The van der Waals surface area contributed by atoms with Crippen LogP contribution in [0.3, 0.4) is 0 Å². The van der Waals surface area contributed by atoms with Gasteiger partial charge in [0.25, 0.3) is 0 Å². The highest BCUT2D eigenvalue weighted by Gasteiger charge is 2.29. The topological polar surface area (TPSA) is 122 Å². The van der Waals surface area contributed by atoms with Crippen molar-refractivity contribution < 1.29 is 30.3 Å². The second kappa shape index (κ2) is 10.7. The summed E-state index contributed by atoms with van der Waals surface area (Å²) in [5.74, 6) is 1.03. The Morgan fingerprint density at radius 3 is 2.18 bits per heavy atom. The predicted octanol–water partition coefficient (Wildman–Crippen LogP) is 0.368. The first-order valence-electron chi connectivity index (χ1n) is 9.52. The molecule has 0 saturated heterocycles. The molecule has 7 heteroatoms. The van der Waals surface area contributed by atoms with Crippen LogP contribution in [-0.2, 0) is 0 Å². The van der Waals surface area contributed by atoms with Crippen LogP contribution >= 0.6 is 0 Å². The lowest BCUT2D eigenvalue weighted by Gasteiger charge is -2.26.